The van der Waals surface area contributed by atoms with Crippen molar-refractivity contribution < 1.29 is 13.3 Å². The highest BCUT2D eigenvalue weighted by atomic mass is 32.2. The maximum atomic E-state index is 13.0. The molecule has 1 N–H and O–H groups in total. The van der Waals surface area contributed by atoms with E-state index in [2.05, 4.69) is 17.5 Å². The van der Waals surface area contributed by atoms with E-state index in [0.717, 1.165) is 30.4 Å². The minimum Gasteiger partial charge on any atom is -0.328 e. The van der Waals surface area contributed by atoms with E-state index in [4.69, 9.17) is 0 Å². The monoisotopic (exact) mass is 373 g/mol. The van der Waals surface area contributed by atoms with Gasteiger partial charge in [0, 0.05) is 0 Å². The average Bonchev–Trinajstić information content (AvgIpc) is 3.15. The zero-order valence-electron chi connectivity index (χ0n) is 13.9. The molecule has 0 unspecified atom stereocenters. The van der Waals surface area contributed by atoms with Gasteiger partial charge in [-0.15, -0.1) is 11.3 Å². The van der Waals surface area contributed by atoms with Crippen molar-refractivity contribution in [2.75, 3.05) is 26.2 Å². The lowest BCUT2D eigenvalue weighted by molar-refractivity contribution is -0.917. The number of quaternary nitrogens is 1. The maximum absolute atomic E-state index is 13.0. The van der Waals surface area contributed by atoms with Crippen LogP contribution in [0, 0.1) is 0 Å². The van der Waals surface area contributed by atoms with Gasteiger partial charge in [-0.1, -0.05) is 36.4 Å². The molecule has 1 saturated heterocycles. The second kappa shape index (κ2) is 6.88. The van der Waals surface area contributed by atoms with E-state index in [1.807, 2.05) is 30.3 Å². The zero-order valence-corrected chi connectivity index (χ0v) is 15.5. The Labute approximate surface area is 152 Å². The Balaban J connectivity index is 1.49. The molecular formula is C19H21N2O2S2+. The number of hydrogen-bond acceptors (Lipinski definition) is 3. The molecule has 0 saturated carbocycles. The van der Waals surface area contributed by atoms with Gasteiger partial charge in [-0.05, 0) is 34.4 Å². The average molecular weight is 374 g/mol. The molecule has 1 aliphatic rings. The Kier molecular flexibility index (Phi) is 4.60. The van der Waals surface area contributed by atoms with E-state index >= 15 is 0 Å². The van der Waals surface area contributed by atoms with Gasteiger partial charge < -0.3 is 4.90 Å². The Morgan fingerprint density at radius 3 is 2.44 bits per heavy atom. The lowest BCUT2D eigenvalue weighted by atomic mass is 10.1. The van der Waals surface area contributed by atoms with E-state index < -0.39 is 10.0 Å². The molecule has 1 aromatic heterocycles. The van der Waals surface area contributed by atoms with E-state index in [0.29, 0.717) is 18.0 Å². The summed E-state index contributed by atoms with van der Waals surface area (Å²) in [5.41, 5.74) is 0. The van der Waals surface area contributed by atoms with Gasteiger partial charge in [0.15, 0.2) is 0 Å². The van der Waals surface area contributed by atoms with Crippen molar-refractivity contribution in [2.24, 2.45) is 0 Å². The molecule has 25 heavy (non-hydrogen) atoms. The number of rotatable bonds is 4. The Morgan fingerprint density at radius 1 is 0.960 bits per heavy atom. The molecule has 0 amide bonds. The lowest BCUT2D eigenvalue weighted by Crippen LogP contribution is -3.13. The number of hydrogen-bond donors (Lipinski definition) is 1. The van der Waals surface area contributed by atoms with Crippen molar-refractivity contribution in [2.45, 2.75) is 11.4 Å². The summed E-state index contributed by atoms with van der Waals surface area (Å²) < 4.78 is 27.6. The first-order chi connectivity index (χ1) is 12.1. The van der Waals surface area contributed by atoms with Crippen LogP contribution in [-0.2, 0) is 16.6 Å². The minimum atomic E-state index is -3.42. The molecule has 0 radical (unpaired) electrons. The normalized spacial score (nSPS) is 17.1. The van der Waals surface area contributed by atoms with Gasteiger partial charge in [0.05, 0.1) is 36.0 Å². The van der Waals surface area contributed by atoms with Crippen LogP contribution in [0.4, 0.5) is 0 Å². The second-order valence-electron chi connectivity index (χ2n) is 6.42. The topological polar surface area (TPSA) is 41.8 Å². The predicted molar refractivity (Wildman–Crippen MR) is 101 cm³/mol. The number of sulfonamides is 1. The summed E-state index contributed by atoms with van der Waals surface area (Å²) in [6.07, 6.45) is 0. The van der Waals surface area contributed by atoms with Gasteiger partial charge in [-0.3, -0.25) is 0 Å². The van der Waals surface area contributed by atoms with Crippen molar-refractivity contribution in [3.8, 4) is 0 Å². The van der Waals surface area contributed by atoms with E-state index in [1.54, 1.807) is 27.8 Å². The molecule has 6 heteroatoms. The third kappa shape index (κ3) is 3.48. The summed E-state index contributed by atoms with van der Waals surface area (Å²) >= 11 is 1.77. The van der Waals surface area contributed by atoms with Gasteiger partial charge >= 0.3 is 0 Å². The summed E-state index contributed by atoms with van der Waals surface area (Å²) in [4.78, 5) is 3.21. The predicted octanol–water partition coefficient (Wildman–Crippen LogP) is 1.99. The number of thiophene rings is 1. The van der Waals surface area contributed by atoms with E-state index in [1.165, 1.54) is 9.78 Å². The van der Waals surface area contributed by atoms with Crippen molar-refractivity contribution in [1.29, 1.82) is 0 Å². The molecule has 3 aromatic rings. The summed E-state index contributed by atoms with van der Waals surface area (Å²) in [7, 11) is -3.42. The van der Waals surface area contributed by atoms with Gasteiger partial charge in [-0.2, -0.15) is 4.31 Å². The van der Waals surface area contributed by atoms with Gasteiger partial charge in [0.1, 0.15) is 6.54 Å². The molecule has 4 rings (SSSR count). The molecule has 1 aliphatic heterocycles. The lowest BCUT2D eigenvalue weighted by Gasteiger charge is -2.31. The number of benzene rings is 2. The van der Waals surface area contributed by atoms with Crippen molar-refractivity contribution in [3.05, 3.63) is 64.9 Å². The molecule has 1 fully saturated rings. The van der Waals surface area contributed by atoms with Crippen LogP contribution in [-0.4, -0.2) is 38.9 Å². The standard InChI is InChI=1S/C19H20N2O2S2/c22-25(23,19-8-7-16-4-1-2-5-17(16)14-19)21-11-9-20(10-12-21)15-18-6-3-13-24-18/h1-8,13-14H,9-12,15H2/p+1. The summed E-state index contributed by atoms with van der Waals surface area (Å²) in [5.74, 6) is 0. The highest BCUT2D eigenvalue weighted by molar-refractivity contribution is 7.89. The summed E-state index contributed by atoms with van der Waals surface area (Å²) in [5, 5.41) is 4.12. The Hall–Kier alpha value is -1.73. The van der Waals surface area contributed by atoms with Crippen LogP contribution >= 0.6 is 11.3 Å². The third-order valence-corrected chi connectivity index (χ3v) is 7.56. The molecular weight excluding hydrogens is 352 g/mol. The fourth-order valence-electron chi connectivity index (χ4n) is 3.36. The fraction of sp³-hybridized carbons (Fsp3) is 0.263. The molecule has 130 valence electrons. The number of piperazine rings is 1. The first-order valence-electron chi connectivity index (χ1n) is 8.48. The van der Waals surface area contributed by atoms with E-state index in [-0.39, 0.29) is 0 Å². The number of nitrogens with zero attached hydrogens (tertiary/aromatic N) is 1. The van der Waals surface area contributed by atoms with Crippen LogP contribution in [0.1, 0.15) is 4.88 Å². The van der Waals surface area contributed by atoms with Crippen LogP contribution in [0.15, 0.2) is 64.9 Å². The molecule has 0 bridgehead atoms. The minimum absolute atomic E-state index is 0.396. The summed E-state index contributed by atoms with van der Waals surface area (Å²) in [6.45, 7) is 3.85. The Bertz CT molecular complexity index is 960. The van der Waals surface area contributed by atoms with Crippen LogP contribution in [0.25, 0.3) is 10.8 Å². The molecule has 2 heterocycles. The second-order valence-corrected chi connectivity index (χ2v) is 9.39. The molecule has 2 aromatic carbocycles. The molecule has 4 nitrogen and oxygen atoms in total. The van der Waals surface area contributed by atoms with Crippen molar-refractivity contribution in [1.82, 2.24) is 4.31 Å². The largest absolute Gasteiger partial charge is 0.328 e. The first-order valence-corrected chi connectivity index (χ1v) is 10.8. The quantitative estimate of drug-likeness (QED) is 0.760. The van der Waals surface area contributed by atoms with Gasteiger partial charge in [-0.25, -0.2) is 8.42 Å². The van der Waals surface area contributed by atoms with Crippen LogP contribution in [0.2, 0.25) is 0 Å². The SMILES string of the molecule is O=S(=O)(c1ccc2ccccc2c1)N1CC[NH+](Cc2cccs2)CC1. The number of fused-ring (bicyclic) bond motifs is 1. The highest BCUT2D eigenvalue weighted by Crippen LogP contribution is 2.22. The van der Waals surface area contributed by atoms with E-state index in [9.17, 15) is 8.42 Å². The van der Waals surface area contributed by atoms with Crippen LogP contribution in [0.3, 0.4) is 0 Å². The van der Waals surface area contributed by atoms with Crippen LogP contribution < -0.4 is 4.90 Å². The molecule has 0 aliphatic carbocycles. The first kappa shape index (κ1) is 16.7. The van der Waals surface area contributed by atoms with Gasteiger partial charge in [0.25, 0.3) is 0 Å². The smallest absolute Gasteiger partial charge is 0.243 e. The fourth-order valence-corrected chi connectivity index (χ4v) is 5.61. The zero-order chi connectivity index (χ0) is 17.3. The molecule has 0 spiro atoms. The number of nitrogens with one attached hydrogen (secondary N) is 1. The van der Waals surface area contributed by atoms with Crippen molar-refractivity contribution in [3.63, 3.8) is 0 Å². The van der Waals surface area contributed by atoms with Gasteiger partial charge in [0.2, 0.25) is 10.0 Å². The van der Waals surface area contributed by atoms with Crippen molar-refractivity contribution >= 4 is 32.1 Å². The molecule has 0 atom stereocenters. The third-order valence-electron chi connectivity index (χ3n) is 4.79. The Morgan fingerprint density at radius 2 is 1.72 bits per heavy atom. The highest BCUT2D eigenvalue weighted by Gasteiger charge is 2.30. The van der Waals surface area contributed by atoms with Crippen LogP contribution in [0.5, 0.6) is 0 Å². The summed E-state index contributed by atoms with van der Waals surface area (Å²) in [6, 6.07) is 17.5. The maximum Gasteiger partial charge on any atom is 0.243 e.